The van der Waals surface area contributed by atoms with E-state index in [9.17, 15) is 18.0 Å². The number of fused-ring (bicyclic) bond motifs is 2. The van der Waals surface area contributed by atoms with Crippen LogP contribution in [0.4, 0.5) is 5.69 Å². The third-order valence-electron chi connectivity index (χ3n) is 7.23. The van der Waals surface area contributed by atoms with Gasteiger partial charge in [0.15, 0.2) is 9.84 Å². The quantitative estimate of drug-likeness (QED) is 0.476. The van der Waals surface area contributed by atoms with E-state index < -0.39 is 38.1 Å². The Morgan fingerprint density at radius 2 is 1.76 bits per heavy atom. The number of amides is 2. The number of hydrogen-bond acceptors (Lipinski definition) is 7. The first-order valence-corrected chi connectivity index (χ1v) is 14.4. The van der Waals surface area contributed by atoms with E-state index in [2.05, 4.69) is 10.6 Å². The van der Waals surface area contributed by atoms with E-state index >= 15 is 0 Å². The molecule has 2 aliphatic rings. The normalized spacial score (nSPS) is 19.7. The number of nitrogens with one attached hydrogen (secondary N) is 2. The number of nitrogens with two attached hydrogens (primary N) is 1. The van der Waals surface area contributed by atoms with Crippen LogP contribution in [0.2, 0.25) is 0 Å². The third-order valence-corrected chi connectivity index (χ3v) is 8.66. The van der Waals surface area contributed by atoms with Gasteiger partial charge in [0.1, 0.15) is 11.4 Å². The largest absolute Gasteiger partial charge is 0.374 e. The van der Waals surface area contributed by atoms with Gasteiger partial charge in [-0.15, -0.1) is 0 Å². The van der Waals surface area contributed by atoms with Gasteiger partial charge in [-0.05, 0) is 43.9 Å². The van der Waals surface area contributed by atoms with E-state index in [1.54, 1.807) is 18.7 Å². The second kappa shape index (κ2) is 10.4. The first-order chi connectivity index (χ1) is 17.4. The lowest BCUT2D eigenvalue weighted by atomic mass is 9.74. The smallest absolute Gasteiger partial charge is 0.247 e. The Bertz CT molecular complexity index is 1230. The zero-order valence-corrected chi connectivity index (χ0v) is 22.4. The minimum absolute atomic E-state index is 0.00641. The first kappa shape index (κ1) is 27.1. The lowest BCUT2D eigenvalue weighted by Gasteiger charge is -2.43. The summed E-state index contributed by atoms with van der Waals surface area (Å²) in [6.45, 7) is 4.17. The van der Waals surface area contributed by atoms with E-state index in [4.69, 9.17) is 10.5 Å². The van der Waals surface area contributed by atoms with Gasteiger partial charge < -0.3 is 26.0 Å². The van der Waals surface area contributed by atoms with Gasteiger partial charge in [0.05, 0.1) is 18.8 Å². The third kappa shape index (κ3) is 5.81. The Morgan fingerprint density at radius 3 is 2.38 bits per heavy atom. The number of nitrogens with zero attached hydrogens (tertiary/aromatic N) is 1. The zero-order chi connectivity index (χ0) is 26.8. The van der Waals surface area contributed by atoms with Crippen molar-refractivity contribution in [2.45, 2.75) is 55.7 Å². The highest BCUT2D eigenvalue weighted by Crippen LogP contribution is 2.49. The maximum atomic E-state index is 13.6. The maximum absolute atomic E-state index is 13.6. The molecule has 0 aliphatic carbocycles. The number of sulfone groups is 1. The lowest BCUT2D eigenvalue weighted by molar-refractivity contribution is -0.140. The second-order valence-electron chi connectivity index (χ2n) is 10.6. The zero-order valence-electron chi connectivity index (χ0n) is 21.6. The van der Waals surface area contributed by atoms with Gasteiger partial charge in [-0.2, -0.15) is 0 Å². The Morgan fingerprint density at radius 1 is 1.14 bits per heavy atom. The number of hydrogen-bond donors (Lipinski definition) is 3. The Kier molecular flexibility index (Phi) is 7.64. The monoisotopic (exact) mass is 528 g/mol. The molecule has 0 radical (unpaired) electrons. The minimum atomic E-state index is -3.41. The standard InChI is InChI=1S/C27H36N4O5S/c1-26(2,28)24(33)29-22(18-36-17-19-9-5-4-6-10-19)23(32)31-15-13-27(14-16-31)20-11-7-8-12-21(20)30-25(27)37(3,34)35/h4-12,22,25,30H,13-18,28H2,1-3H3,(H,29,33)/t22-,25?/m1/s1. The number of carbonyl (C=O) groups excluding carboxylic acids is 2. The van der Waals surface area contributed by atoms with Crippen LogP contribution >= 0.6 is 0 Å². The molecule has 1 fully saturated rings. The molecule has 1 spiro atoms. The molecule has 4 rings (SSSR count). The summed E-state index contributed by atoms with van der Waals surface area (Å²) in [6, 6.07) is 16.3. The number of carbonyl (C=O) groups is 2. The Labute approximate surface area is 218 Å². The molecule has 2 aromatic carbocycles. The van der Waals surface area contributed by atoms with Gasteiger partial charge in [-0.3, -0.25) is 9.59 Å². The van der Waals surface area contributed by atoms with E-state index in [0.29, 0.717) is 32.5 Å². The number of likely N-dealkylation sites (tertiary alicyclic amines) is 1. The van der Waals surface area contributed by atoms with Crippen LogP contribution in [-0.2, 0) is 36.2 Å². The first-order valence-electron chi connectivity index (χ1n) is 12.5. The molecular formula is C27H36N4O5S. The molecule has 1 saturated heterocycles. The minimum Gasteiger partial charge on any atom is -0.374 e. The molecule has 2 aliphatic heterocycles. The van der Waals surface area contributed by atoms with Crippen LogP contribution in [0.15, 0.2) is 54.6 Å². The molecule has 2 heterocycles. The average Bonchev–Trinajstić information content (AvgIpc) is 3.18. The van der Waals surface area contributed by atoms with Crippen LogP contribution in [0.25, 0.3) is 0 Å². The van der Waals surface area contributed by atoms with E-state index in [-0.39, 0.29) is 12.5 Å². The molecule has 37 heavy (non-hydrogen) atoms. The molecule has 200 valence electrons. The fourth-order valence-electron chi connectivity index (χ4n) is 5.25. The van der Waals surface area contributed by atoms with E-state index in [1.165, 1.54) is 6.26 Å². The molecule has 10 heteroatoms. The van der Waals surface area contributed by atoms with Crippen molar-refractivity contribution < 1.29 is 22.7 Å². The molecule has 0 saturated carbocycles. The molecule has 1 unspecified atom stereocenters. The Hall–Kier alpha value is -2.95. The van der Waals surface area contributed by atoms with E-state index in [1.807, 2.05) is 54.6 Å². The van der Waals surface area contributed by atoms with Gasteiger partial charge in [0.2, 0.25) is 11.8 Å². The summed E-state index contributed by atoms with van der Waals surface area (Å²) >= 11 is 0. The number of anilines is 1. The summed E-state index contributed by atoms with van der Waals surface area (Å²) in [7, 11) is -3.41. The molecule has 4 N–H and O–H groups in total. The van der Waals surface area contributed by atoms with Crippen LogP contribution in [0.5, 0.6) is 0 Å². The van der Waals surface area contributed by atoms with Crippen molar-refractivity contribution in [3.8, 4) is 0 Å². The molecule has 0 bridgehead atoms. The van der Waals surface area contributed by atoms with Crippen LogP contribution in [-0.4, -0.2) is 68.0 Å². The number of para-hydroxylation sites is 1. The van der Waals surface area contributed by atoms with Gasteiger partial charge in [0.25, 0.3) is 0 Å². The van der Waals surface area contributed by atoms with Gasteiger partial charge >= 0.3 is 0 Å². The van der Waals surface area contributed by atoms with Gasteiger partial charge in [-0.1, -0.05) is 48.5 Å². The van der Waals surface area contributed by atoms with Crippen molar-refractivity contribution in [2.75, 3.05) is 31.3 Å². The van der Waals surface area contributed by atoms with Crippen molar-refractivity contribution in [3.05, 3.63) is 65.7 Å². The average molecular weight is 529 g/mol. The number of benzene rings is 2. The summed E-state index contributed by atoms with van der Waals surface area (Å²) in [5, 5.41) is 5.21. The van der Waals surface area contributed by atoms with Crippen molar-refractivity contribution >= 4 is 27.3 Å². The predicted octanol–water partition coefficient (Wildman–Crippen LogP) is 1.78. The van der Waals surface area contributed by atoms with Crippen molar-refractivity contribution in [2.24, 2.45) is 5.73 Å². The second-order valence-corrected chi connectivity index (χ2v) is 12.8. The highest BCUT2D eigenvalue weighted by atomic mass is 32.2. The molecular weight excluding hydrogens is 492 g/mol. The highest BCUT2D eigenvalue weighted by Gasteiger charge is 2.53. The molecule has 0 aromatic heterocycles. The Balaban J connectivity index is 1.49. The maximum Gasteiger partial charge on any atom is 0.247 e. The summed E-state index contributed by atoms with van der Waals surface area (Å²) in [4.78, 5) is 27.9. The summed E-state index contributed by atoms with van der Waals surface area (Å²) in [6.07, 6.45) is 2.21. The van der Waals surface area contributed by atoms with Gasteiger partial charge in [-0.25, -0.2) is 8.42 Å². The molecule has 2 atom stereocenters. The van der Waals surface area contributed by atoms with Crippen molar-refractivity contribution in [1.29, 1.82) is 0 Å². The molecule has 2 amide bonds. The number of ether oxygens (including phenoxy) is 1. The molecule has 9 nitrogen and oxygen atoms in total. The van der Waals surface area contributed by atoms with Crippen molar-refractivity contribution in [1.82, 2.24) is 10.2 Å². The summed E-state index contributed by atoms with van der Waals surface area (Å²) in [5.41, 5.74) is 6.93. The predicted molar refractivity (Wildman–Crippen MR) is 142 cm³/mol. The van der Waals surface area contributed by atoms with Gasteiger partial charge in [0, 0.05) is 30.4 Å². The van der Waals surface area contributed by atoms with E-state index in [0.717, 1.165) is 16.8 Å². The fraction of sp³-hybridized carbons (Fsp3) is 0.481. The van der Waals surface area contributed by atoms with Crippen LogP contribution in [0.1, 0.15) is 37.8 Å². The lowest BCUT2D eigenvalue weighted by Crippen LogP contribution is -2.60. The van der Waals surface area contributed by atoms with Crippen LogP contribution in [0.3, 0.4) is 0 Å². The summed E-state index contributed by atoms with van der Waals surface area (Å²) < 4.78 is 31.3. The summed E-state index contributed by atoms with van der Waals surface area (Å²) in [5.74, 6) is -0.718. The SMILES string of the molecule is CC(C)(N)C(=O)N[C@H](COCc1ccccc1)C(=O)N1CCC2(CC1)c1ccccc1NC2S(C)(=O)=O. The highest BCUT2D eigenvalue weighted by molar-refractivity contribution is 7.91. The van der Waals surface area contributed by atoms with Crippen molar-refractivity contribution in [3.63, 3.8) is 0 Å². The number of rotatable bonds is 8. The van der Waals surface area contributed by atoms with Crippen LogP contribution < -0.4 is 16.4 Å². The topological polar surface area (TPSA) is 131 Å². The van der Waals surface area contributed by atoms with Crippen LogP contribution in [0, 0.1) is 0 Å². The number of piperidine rings is 1. The fourth-order valence-corrected chi connectivity index (χ4v) is 6.77. The molecule has 2 aromatic rings.